The van der Waals surface area contributed by atoms with Crippen LogP contribution in [0.5, 0.6) is 5.75 Å². The number of hydrogen-bond acceptors (Lipinski definition) is 4. The molecule has 0 atom stereocenters. The molecule has 1 aromatic rings. The Balaban J connectivity index is 2.29. The molecule has 120 valence electrons. The summed E-state index contributed by atoms with van der Waals surface area (Å²) in [6.45, 7) is 2.34. The molecular weight excluding hydrogens is 327 g/mol. The van der Waals surface area contributed by atoms with Gasteiger partial charge in [0.15, 0.2) is 5.75 Å². The minimum atomic E-state index is -0.563. The highest BCUT2D eigenvalue weighted by Gasteiger charge is 2.13. The topological polar surface area (TPSA) is 52.6 Å². The standard InChI is InChI=1S/C16H18Cl2O4/c1-2-3-4-5-11-21-14(19)9-10-15(20)22-13-8-6-7-12(17)16(13)18/h3-4,6-8H,2,5,9-11H2,1H3/b4-3+. The fourth-order valence-electron chi connectivity index (χ4n) is 1.54. The molecule has 1 rings (SSSR count). The lowest BCUT2D eigenvalue weighted by Crippen LogP contribution is -2.13. The molecule has 0 aliphatic rings. The number of allylic oxidation sites excluding steroid dienone is 1. The SMILES string of the molecule is CC/C=C/CCOC(=O)CCC(=O)Oc1cccc(Cl)c1Cl. The summed E-state index contributed by atoms with van der Waals surface area (Å²) in [4.78, 5) is 23.1. The Hall–Kier alpha value is -1.52. The van der Waals surface area contributed by atoms with Crippen LogP contribution in [0, 0.1) is 0 Å². The Bertz CT molecular complexity index is 541. The van der Waals surface area contributed by atoms with Crippen LogP contribution in [0.4, 0.5) is 0 Å². The van der Waals surface area contributed by atoms with Crippen LogP contribution in [0.3, 0.4) is 0 Å². The normalized spacial score (nSPS) is 10.7. The number of esters is 2. The van der Waals surface area contributed by atoms with E-state index < -0.39 is 11.9 Å². The van der Waals surface area contributed by atoms with Gasteiger partial charge < -0.3 is 9.47 Å². The van der Waals surface area contributed by atoms with Crippen LogP contribution in [0.2, 0.25) is 10.0 Å². The molecule has 4 nitrogen and oxygen atoms in total. The molecule has 0 saturated heterocycles. The average molecular weight is 345 g/mol. The summed E-state index contributed by atoms with van der Waals surface area (Å²) in [7, 11) is 0. The van der Waals surface area contributed by atoms with Crippen LogP contribution < -0.4 is 4.74 Å². The van der Waals surface area contributed by atoms with Gasteiger partial charge >= 0.3 is 11.9 Å². The number of hydrogen-bond donors (Lipinski definition) is 0. The average Bonchev–Trinajstić information content (AvgIpc) is 2.49. The van der Waals surface area contributed by atoms with Gasteiger partial charge in [0.2, 0.25) is 0 Å². The van der Waals surface area contributed by atoms with Crippen LogP contribution >= 0.6 is 23.2 Å². The molecular formula is C16H18Cl2O4. The van der Waals surface area contributed by atoms with Gasteiger partial charge in [0, 0.05) is 0 Å². The van der Waals surface area contributed by atoms with Crippen LogP contribution in [0.1, 0.15) is 32.6 Å². The highest BCUT2D eigenvalue weighted by Crippen LogP contribution is 2.31. The number of carbonyl (C=O) groups excluding carboxylic acids is 2. The largest absolute Gasteiger partial charge is 0.465 e. The number of ether oxygens (including phenoxy) is 2. The predicted molar refractivity (Wildman–Crippen MR) is 86.3 cm³/mol. The van der Waals surface area contributed by atoms with E-state index in [9.17, 15) is 9.59 Å². The van der Waals surface area contributed by atoms with Gasteiger partial charge in [0.25, 0.3) is 0 Å². The van der Waals surface area contributed by atoms with Gasteiger partial charge in [-0.1, -0.05) is 48.3 Å². The van der Waals surface area contributed by atoms with E-state index in [-0.39, 0.29) is 23.6 Å². The van der Waals surface area contributed by atoms with E-state index in [1.165, 1.54) is 6.07 Å². The van der Waals surface area contributed by atoms with Crippen molar-refractivity contribution in [3.8, 4) is 5.75 Å². The van der Waals surface area contributed by atoms with Crippen LogP contribution in [-0.2, 0) is 14.3 Å². The molecule has 0 heterocycles. The van der Waals surface area contributed by atoms with Gasteiger partial charge in [0.1, 0.15) is 5.02 Å². The molecule has 0 fully saturated rings. The number of halogens is 2. The highest BCUT2D eigenvalue weighted by molar-refractivity contribution is 6.43. The lowest BCUT2D eigenvalue weighted by Gasteiger charge is -2.07. The first-order chi connectivity index (χ1) is 10.5. The van der Waals surface area contributed by atoms with Crippen molar-refractivity contribution in [2.24, 2.45) is 0 Å². The zero-order valence-electron chi connectivity index (χ0n) is 12.3. The lowest BCUT2D eigenvalue weighted by molar-refractivity contribution is -0.146. The smallest absolute Gasteiger partial charge is 0.311 e. The van der Waals surface area contributed by atoms with E-state index >= 15 is 0 Å². The second kappa shape index (κ2) is 10.2. The maximum atomic E-state index is 11.7. The Morgan fingerprint density at radius 3 is 2.59 bits per heavy atom. The molecule has 22 heavy (non-hydrogen) atoms. The van der Waals surface area contributed by atoms with E-state index in [0.29, 0.717) is 18.1 Å². The third kappa shape index (κ3) is 6.96. The number of carbonyl (C=O) groups is 2. The maximum Gasteiger partial charge on any atom is 0.311 e. The van der Waals surface area contributed by atoms with Gasteiger partial charge in [-0.3, -0.25) is 9.59 Å². The van der Waals surface area contributed by atoms with Crippen molar-refractivity contribution in [1.82, 2.24) is 0 Å². The summed E-state index contributed by atoms with van der Waals surface area (Å²) in [5, 5.41) is 0.467. The molecule has 0 amide bonds. The van der Waals surface area contributed by atoms with Crippen molar-refractivity contribution in [3.05, 3.63) is 40.4 Å². The molecule has 0 bridgehead atoms. The summed E-state index contributed by atoms with van der Waals surface area (Å²) < 4.78 is 10.0. The molecule has 0 aliphatic heterocycles. The molecule has 0 saturated carbocycles. The summed E-state index contributed by atoms with van der Waals surface area (Å²) >= 11 is 11.7. The van der Waals surface area contributed by atoms with E-state index in [2.05, 4.69) is 0 Å². The quantitative estimate of drug-likeness (QED) is 0.300. The zero-order valence-corrected chi connectivity index (χ0v) is 13.8. The van der Waals surface area contributed by atoms with Gasteiger partial charge in [-0.15, -0.1) is 0 Å². The summed E-state index contributed by atoms with van der Waals surface area (Å²) in [5.74, 6) is -0.816. The molecule has 0 aromatic heterocycles. The second-order valence-electron chi connectivity index (χ2n) is 4.41. The summed E-state index contributed by atoms with van der Waals surface area (Å²) in [5.41, 5.74) is 0. The van der Waals surface area contributed by atoms with Crippen molar-refractivity contribution >= 4 is 35.1 Å². The van der Waals surface area contributed by atoms with E-state index in [0.717, 1.165) is 6.42 Å². The lowest BCUT2D eigenvalue weighted by atomic mass is 10.3. The van der Waals surface area contributed by atoms with E-state index in [1.807, 2.05) is 19.1 Å². The number of rotatable bonds is 8. The second-order valence-corrected chi connectivity index (χ2v) is 5.20. The molecule has 0 radical (unpaired) electrons. The van der Waals surface area contributed by atoms with Gasteiger partial charge in [-0.05, 0) is 25.0 Å². The third-order valence-electron chi connectivity index (χ3n) is 2.62. The van der Waals surface area contributed by atoms with E-state index in [1.54, 1.807) is 12.1 Å². The Kier molecular flexibility index (Phi) is 8.63. The van der Waals surface area contributed by atoms with Crippen LogP contribution in [0.15, 0.2) is 30.4 Å². The van der Waals surface area contributed by atoms with Crippen molar-refractivity contribution in [2.75, 3.05) is 6.61 Å². The first-order valence-electron chi connectivity index (χ1n) is 7.00. The Morgan fingerprint density at radius 1 is 1.14 bits per heavy atom. The maximum absolute atomic E-state index is 11.7. The van der Waals surface area contributed by atoms with Crippen molar-refractivity contribution in [1.29, 1.82) is 0 Å². The minimum absolute atomic E-state index is 0.0332. The van der Waals surface area contributed by atoms with Crippen LogP contribution in [0.25, 0.3) is 0 Å². The van der Waals surface area contributed by atoms with Crippen LogP contribution in [-0.4, -0.2) is 18.5 Å². The Labute approximate surface area is 140 Å². The Morgan fingerprint density at radius 2 is 1.86 bits per heavy atom. The monoisotopic (exact) mass is 344 g/mol. The number of benzene rings is 1. The summed E-state index contributed by atoms with van der Waals surface area (Å²) in [6.07, 6.45) is 5.46. The minimum Gasteiger partial charge on any atom is -0.465 e. The zero-order chi connectivity index (χ0) is 16.4. The molecule has 0 unspecified atom stereocenters. The van der Waals surface area contributed by atoms with Gasteiger partial charge in [0.05, 0.1) is 24.5 Å². The summed E-state index contributed by atoms with van der Waals surface area (Å²) in [6, 6.07) is 4.74. The molecule has 1 aromatic carbocycles. The van der Waals surface area contributed by atoms with Crippen molar-refractivity contribution in [3.63, 3.8) is 0 Å². The van der Waals surface area contributed by atoms with E-state index in [4.69, 9.17) is 32.7 Å². The first kappa shape index (κ1) is 18.5. The molecule has 0 aliphatic carbocycles. The first-order valence-corrected chi connectivity index (χ1v) is 7.75. The molecule has 0 N–H and O–H groups in total. The fraction of sp³-hybridized carbons (Fsp3) is 0.375. The third-order valence-corrected chi connectivity index (χ3v) is 3.42. The van der Waals surface area contributed by atoms with Crippen molar-refractivity contribution < 1.29 is 19.1 Å². The molecule has 6 heteroatoms. The van der Waals surface area contributed by atoms with Gasteiger partial charge in [-0.2, -0.15) is 0 Å². The fourth-order valence-corrected chi connectivity index (χ4v) is 1.87. The molecule has 0 spiro atoms. The predicted octanol–water partition coefficient (Wildman–Crippen LogP) is 4.58. The highest BCUT2D eigenvalue weighted by atomic mass is 35.5. The van der Waals surface area contributed by atoms with Gasteiger partial charge in [-0.25, -0.2) is 0 Å². The van der Waals surface area contributed by atoms with Crippen molar-refractivity contribution in [2.45, 2.75) is 32.6 Å².